The van der Waals surface area contributed by atoms with Crippen LogP contribution in [0, 0.1) is 12.7 Å². The number of Topliss-reactive ketones (excluding diaryl/α,β-unsaturated/α-hetero) is 1. The molecular weight excluding hydrogens is 195 g/mol. The maximum absolute atomic E-state index is 12.9. The maximum Gasteiger partial charge on any atom is 0.133 e. The van der Waals surface area contributed by atoms with E-state index < -0.39 is 0 Å². The van der Waals surface area contributed by atoms with Crippen LogP contribution in [0.25, 0.3) is 0 Å². The van der Waals surface area contributed by atoms with E-state index in [1.165, 1.54) is 13.0 Å². The van der Waals surface area contributed by atoms with E-state index in [0.29, 0.717) is 17.7 Å². The highest BCUT2D eigenvalue weighted by molar-refractivity contribution is 5.75. The molecule has 0 aromatic heterocycles. The molecular formula is C12H15FO2. The van der Waals surface area contributed by atoms with Crippen LogP contribution in [0.5, 0.6) is 5.75 Å². The van der Waals surface area contributed by atoms with Gasteiger partial charge in [0.1, 0.15) is 23.5 Å². The smallest absolute Gasteiger partial charge is 0.133 e. The number of ketones is 1. The van der Waals surface area contributed by atoms with Gasteiger partial charge in [-0.3, -0.25) is 4.79 Å². The van der Waals surface area contributed by atoms with Gasteiger partial charge < -0.3 is 4.74 Å². The van der Waals surface area contributed by atoms with Crippen LogP contribution in [0.2, 0.25) is 0 Å². The molecule has 15 heavy (non-hydrogen) atoms. The van der Waals surface area contributed by atoms with Crippen LogP contribution < -0.4 is 4.74 Å². The average molecular weight is 210 g/mol. The highest BCUT2D eigenvalue weighted by atomic mass is 19.1. The van der Waals surface area contributed by atoms with E-state index in [4.69, 9.17) is 4.74 Å². The molecule has 0 fully saturated rings. The van der Waals surface area contributed by atoms with E-state index in [1.54, 1.807) is 19.1 Å². The van der Waals surface area contributed by atoms with Crippen LogP contribution in [0.4, 0.5) is 4.39 Å². The van der Waals surface area contributed by atoms with Crippen molar-refractivity contribution in [1.82, 2.24) is 0 Å². The van der Waals surface area contributed by atoms with Gasteiger partial charge in [-0.1, -0.05) is 0 Å². The summed E-state index contributed by atoms with van der Waals surface area (Å²) >= 11 is 0. The Balaban J connectivity index is 2.64. The Kier molecular flexibility index (Phi) is 3.83. The van der Waals surface area contributed by atoms with Crippen molar-refractivity contribution in [3.63, 3.8) is 0 Å². The Morgan fingerprint density at radius 1 is 1.53 bits per heavy atom. The van der Waals surface area contributed by atoms with Crippen molar-refractivity contribution in [2.45, 2.75) is 33.3 Å². The number of aryl methyl sites for hydroxylation is 1. The topological polar surface area (TPSA) is 26.3 Å². The minimum absolute atomic E-state index is 0.0846. The SMILES string of the molecule is CC(=O)CC(C)Oc1ccc(F)c(C)c1. The number of hydrogen-bond donors (Lipinski definition) is 0. The standard InChI is InChI=1S/C12H15FO2/c1-8-6-11(4-5-12(8)13)15-10(3)7-9(2)14/h4-6,10H,7H2,1-3H3. The van der Waals surface area contributed by atoms with Gasteiger partial charge in [0.15, 0.2) is 0 Å². The fourth-order valence-electron chi connectivity index (χ4n) is 1.37. The molecule has 0 saturated carbocycles. The van der Waals surface area contributed by atoms with E-state index in [-0.39, 0.29) is 17.7 Å². The molecule has 1 atom stereocenters. The van der Waals surface area contributed by atoms with Crippen molar-refractivity contribution in [2.75, 3.05) is 0 Å². The predicted octanol–water partition coefficient (Wildman–Crippen LogP) is 2.88. The Morgan fingerprint density at radius 2 is 2.20 bits per heavy atom. The first-order valence-electron chi connectivity index (χ1n) is 4.91. The number of ether oxygens (including phenoxy) is 1. The molecule has 0 saturated heterocycles. The lowest BCUT2D eigenvalue weighted by atomic mass is 10.2. The molecule has 0 spiro atoms. The molecule has 0 aliphatic rings. The second kappa shape index (κ2) is 4.91. The summed E-state index contributed by atoms with van der Waals surface area (Å²) in [4.78, 5) is 10.8. The molecule has 0 N–H and O–H groups in total. The van der Waals surface area contributed by atoms with E-state index in [0.717, 1.165) is 0 Å². The van der Waals surface area contributed by atoms with Gasteiger partial charge in [0.2, 0.25) is 0 Å². The highest BCUT2D eigenvalue weighted by Crippen LogP contribution is 2.17. The fraction of sp³-hybridized carbons (Fsp3) is 0.417. The third kappa shape index (κ3) is 3.70. The molecule has 3 heteroatoms. The zero-order valence-corrected chi connectivity index (χ0v) is 9.21. The van der Waals surface area contributed by atoms with E-state index in [2.05, 4.69) is 0 Å². The third-order valence-electron chi connectivity index (χ3n) is 2.04. The number of benzene rings is 1. The van der Waals surface area contributed by atoms with Crippen molar-refractivity contribution in [1.29, 1.82) is 0 Å². The van der Waals surface area contributed by atoms with Crippen molar-refractivity contribution >= 4 is 5.78 Å². The number of hydrogen-bond acceptors (Lipinski definition) is 2. The monoisotopic (exact) mass is 210 g/mol. The van der Waals surface area contributed by atoms with Crippen molar-refractivity contribution in [3.8, 4) is 5.75 Å². The molecule has 1 aromatic rings. The van der Waals surface area contributed by atoms with Crippen LogP contribution in [-0.2, 0) is 4.79 Å². The zero-order chi connectivity index (χ0) is 11.4. The fourth-order valence-corrected chi connectivity index (χ4v) is 1.37. The average Bonchev–Trinajstić information content (AvgIpc) is 2.10. The van der Waals surface area contributed by atoms with Crippen molar-refractivity contribution < 1.29 is 13.9 Å². The molecule has 0 radical (unpaired) electrons. The Labute approximate surface area is 89.1 Å². The maximum atomic E-state index is 12.9. The Hall–Kier alpha value is -1.38. The molecule has 0 aliphatic carbocycles. The van der Waals surface area contributed by atoms with Crippen LogP contribution in [0.1, 0.15) is 25.8 Å². The van der Waals surface area contributed by atoms with Gasteiger partial charge in [0.05, 0.1) is 0 Å². The molecule has 0 bridgehead atoms. The first kappa shape index (κ1) is 11.7. The summed E-state index contributed by atoms with van der Waals surface area (Å²) in [5.41, 5.74) is 0.544. The summed E-state index contributed by atoms with van der Waals surface area (Å²) in [5.74, 6) is 0.436. The highest BCUT2D eigenvalue weighted by Gasteiger charge is 2.07. The Bertz CT molecular complexity index is 361. The van der Waals surface area contributed by atoms with Crippen LogP contribution in [0.15, 0.2) is 18.2 Å². The molecule has 2 nitrogen and oxygen atoms in total. The number of rotatable bonds is 4. The first-order valence-corrected chi connectivity index (χ1v) is 4.91. The van der Waals surface area contributed by atoms with Crippen molar-refractivity contribution in [2.24, 2.45) is 0 Å². The van der Waals surface area contributed by atoms with Gasteiger partial charge in [0.25, 0.3) is 0 Å². The summed E-state index contributed by atoms with van der Waals surface area (Å²) in [5, 5.41) is 0. The van der Waals surface area contributed by atoms with Crippen LogP contribution in [-0.4, -0.2) is 11.9 Å². The van der Waals surface area contributed by atoms with Gasteiger partial charge in [-0.15, -0.1) is 0 Å². The predicted molar refractivity (Wildman–Crippen MR) is 56.5 cm³/mol. The summed E-state index contributed by atoms with van der Waals surface area (Å²) < 4.78 is 18.4. The number of halogens is 1. The van der Waals surface area contributed by atoms with Crippen LogP contribution >= 0.6 is 0 Å². The van der Waals surface area contributed by atoms with E-state index >= 15 is 0 Å². The summed E-state index contributed by atoms with van der Waals surface area (Å²) in [6.45, 7) is 5.02. The minimum atomic E-state index is -0.249. The summed E-state index contributed by atoms with van der Waals surface area (Å²) in [7, 11) is 0. The quantitative estimate of drug-likeness (QED) is 0.763. The summed E-state index contributed by atoms with van der Waals surface area (Å²) in [6, 6.07) is 4.57. The normalized spacial score (nSPS) is 12.3. The minimum Gasteiger partial charge on any atom is -0.490 e. The molecule has 1 aromatic carbocycles. The number of carbonyl (C=O) groups excluding carboxylic acids is 1. The van der Waals surface area contributed by atoms with Crippen LogP contribution in [0.3, 0.4) is 0 Å². The largest absolute Gasteiger partial charge is 0.490 e. The molecule has 1 unspecified atom stereocenters. The lowest BCUT2D eigenvalue weighted by molar-refractivity contribution is -0.118. The van der Waals surface area contributed by atoms with E-state index in [1.807, 2.05) is 6.92 Å². The van der Waals surface area contributed by atoms with Gasteiger partial charge in [0, 0.05) is 6.42 Å². The Morgan fingerprint density at radius 3 is 2.73 bits per heavy atom. The van der Waals surface area contributed by atoms with Gasteiger partial charge in [-0.2, -0.15) is 0 Å². The van der Waals surface area contributed by atoms with Gasteiger partial charge >= 0.3 is 0 Å². The molecule has 82 valence electrons. The number of carbonyl (C=O) groups is 1. The first-order chi connectivity index (χ1) is 6.99. The molecule has 0 heterocycles. The lowest BCUT2D eigenvalue weighted by Gasteiger charge is -2.13. The van der Waals surface area contributed by atoms with Crippen molar-refractivity contribution in [3.05, 3.63) is 29.6 Å². The molecule has 1 rings (SSSR count). The third-order valence-corrected chi connectivity index (χ3v) is 2.04. The second-order valence-electron chi connectivity index (χ2n) is 3.75. The van der Waals surface area contributed by atoms with Gasteiger partial charge in [-0.05, 0) is 44.5 Å². The molecule has 0 amide bonds. The van der Waals surface area contributed by atoms with Gasteiger partial charge in [-0.25, -0.2) is 4.39 Å². The summed E-state index contributed by atoms with van der Waals surface area (Å²) in [6.07, 6.45) is 0.198. The molecule has 0 aliphatic heterocycles. The lowest BCUT2D eigenvalue weighted by Crippen LogP contribution is -2.15. The van der Waals surface area contributed by atoms with E-state index in [9.17, 15) is 9.18 Å². The second-order valence-corrected chi connectivity index (χ2v) is 3.75. The zero-order valence-electron chi connectivity index (χ0n) is 9.21.